The van der Waals surface area contributed by atoms with Crippen molar-refractivity contribution in [2.75, 3.05) is 0 Å². The second-order valence-electron chi connectivity index (χ2n) is 4.69. The number of imide groups is 1. The third-order valence-corrected chi connectivity index (χ3v) is 82.5. The first-order valence-electron chi connectivity index (χ1n) is 6.90. The number of carbonyl (C=O) groups excluding carboxylic acids is 3. The molecule has 22 heteroatoms. The van der Waals surface area contributed by atoms with Gasteiger partial charge in [0, 0.05) is 18.2 Å². The zero-order chi connectivity index (χ0) is 23.1. The highest BCUT2D eigenvalue weighted by atomic mass is 33.3. The van der Waals surface area contributed by atoms with Crippen LogP contribution in [0.2, 0.25) is 0 Å². The lowest BCUT2D eigenvalue weighted by Crippen LogP contribution is -2.33. The lowest BCUT2D eigenvalue weighted by molar-refractivity contribution is -0.169. The molecule has 0 bridgehead atoms. The van der Waals surface area contributed by atoms with Crippen LogP contribution in [0.15, 0.2) is 12.0 Å². The molecule has 1 aliphatic rings. The van der Waals surface area contributed by atoms with E-state index in [-0.39, 0.29) is 59.8 Å². The second kappa shape index (κ2) is 16.1. The molecule has 0 aromatic heterocycles. The number of nitrogens with zero attached hydrogens (tertiary/aromatic N) is 1. The monoisotopic (exact) mass is 683 g/mol. The minimum atomic E-state index is -4.28. The van der Waals surface area contributed by atoms with Crippen molar-refractivity contribution in [3.8, 4) is 0 Å². The summed E-state index contributed by atoms with van der Waals surface area (Å²) in [5, 5.41) is -1.16. The highest BCUT2D eigenvalue weighted by molar-refractivity contribution is 9.27. The molecule has 0 aromatic rings. The number of rotatable bonds is 7. The van der Waals surface area contributed by atoms with Crippen molar-refractivity contribution in [3.63, 3.8) is 0 Å². The number of carbonyl (C=O) groups is 3. The molecule has 8 atom stereocenters. The molecular weight excluding hydrogens is 660 g/mol. The van der Waals surface area contributed by atoms with E-state index in [9.17, 15) is 22.8 Å². The fourth-order valence-corrected chi connectivity index (χ4v) is 149. The van der Waals surface area contributed by atoms with E-state index in [0.29, 0.717) is 5.41 Å². The van der Waals surface area contributed by atoms with Crippen LogP contribution in [-0.4, -0.2) is 30.6 Å². The Morgan fingerprint density at radius 1 is 0.862 bits per heavy atom. The van der Waals surface area contributed by atoms with Gasteiger partial charge in [-0.1, -0.05) is 6.58 Å². The van der Waals surface area contributed by atoms with Crippen LogP contribution in [0.4, 0.5) is 4.79 Å². The Bertz CT molecular complexity index is 663. The average Bonchev–Trinajstić information content (AvgIpc) is 2.90. The summed E-state index contributed by atoms with van der Waals surface area (Å²) in [7, 11) is 20.1. The SMILES string of the molecule is C=CS(=O)(=O)C(=O)ON1C(=O)CCC1=O.PP(P)P(P(P)P)P(P(P)P)P(P)P. The van der Waals surface area contributed by atoms with E-state index in [1.54, 1.807) is 0 Å². The smallest absolute Gasteiger partial charge is 0.315 e. The Labute approximate surface area is 196 Å². The third kappa shape index (κ3) is 11.7. The molecule has 1 rings (SSSR count). The number of hydroxylamine groups is 2. The van der Waals surface area contributed by atoms with E-state index in [2.05, 4.69) is 82.8 Å². The second-order valence-corrected chi connectivity index (χ2v) is 59.9. The normalized spacial score (nSPS) is 15.0. The minimum absolute atomic E-state index is 0.0856. The minimum Gasteiger partial charge on any atom is -0.315 e. The van der Waals surface area contributed by atoms with Crippen molar-refractivity contribution in [1.29, 1.82) is 0 Å². The van der Waals surface area contributed by atoms with Gasteiger partial charge in [-0.05, 0) is 41.9 Å². The summed E-state index contributed by atoms with van der Waals surface area (Å²) in [6.07, 6.45) is -0.194. The van der Waals surface area contributed by atoms with E-state index >= 15 is 0 Å². The molecule has 0 saturated carbocycles. The molecule has 1 saturated heterocycles. The first-order valence-corrected chi connectivity index (χ1v) is 33.0. The molecule has 1 heterocycles. The predicted octanol–water partition coefficient (Wildman–Crippen LogP) is 7.52. The van der Waals surface area contributed by atoms with Gasteiger partial charge in [-0.25, -0.2) is 13.2 Å². The highest BCUT2D eigenvalue weighted by Crippen LogP contribution is 3.21. The van der Waals surface area contributed by atoms with Crippen LogP contribution in [0.3, 0.4) is 0 Å². The maximum absolute atomic E-state index is 10.9. The van der Waals surface area contributed by atoms with E-state index in [1.165, 1.54) is 0 Å². The third-order valence-electron chi connectivity index (χ3n) is 2.61. The summed E-state index contributed by atoms with van der Waals surface area (Å²) in [6, 6.07) is 0. The molecule has 168 valence electrons. The van der Waals surface area contributed by atoms with Crippen LogP contribution in [0.25, 0.3) is 0 Å². The molecule has 0 radical (unpaired) electrons. The Balaban J connectivity index is 0.000000543. The van der Waals surface area contributed by atoms with Crippen LogP contribution in [0, 0.1) is 0 Å². The largest absolute Gasteiger partial charge is 0.453 e. The van der Waals surface area contributed by atoms with Gasteiger partial charge >= 0.3 is 5.30 Å². The van der Waals surface area contributed by atoms with Gasteiger partial charge in [-0.3, -0.25) is 9.59 Å². The number of sulfone groups is 1. The van der Waals surface area contributed by atoms with Crippen molar-refractivity contribution in [2.24, 2.45) is 0 Å². The molecule has 2 amide bonds. The highest BCUT2D eigenvalue weighted by Gasteiger charge is 2.36. The molecule has 1 aliphatic heterocycles. The van der Waals surface area contributed by atoms with Crippen LogP contribution in [0.5, 0.6) is 0 Å². The van der Waals surface area contributed by atoms with E-state index in [1.807, 2.05) is 0 Å². The number of amides is 2. The van der Waals surface area contributed by atoms with Gasteiger partial charge in [0.25, 0.3) is 21.7 Å². The van der Waals surface area contributed by atoms with Gasteiger partial charge in [0.2, 0.25) is 0 Å². The molecule has 0 aliphatic carbocycles. The average molecular weight is 683 g/mol. The van der Waals surface area contributed by atoms with Gasteiger partial charge in [0.05, 0.1) is 0 Å². The molecule has 7 nitrogen and oxygen atoms in total. The number of hydrogen-bond acceptors (Lipinski definition) is 6. The molecule has 29 heavy (non-hydrogen) atoms. The van der Waals surface area contributed by atoms with Crippen molar-refractivity contribution < 1.29 is 27.6 Å². The zero-order valence-electron chi connectivity index (χ0n) is 14.8. The standard InChI is InChI=1S/C7H7NO6S.H16P14/c1-2-15(12,13)7(11)14-8-5(9)3-4-6(8)10;1-9(2)13(10(3)4)14(11(5)6)12(7)8/h2H,1,3-4H2;1-8H2. The van der Waals surface area contributed by atoms with Gasteiger partial charge < -0.3 is 4.84 Å². The summed E-state index contributed by atoms with van der Waals surface area (Å²) in [5.74, 6) is -1.49. The van der Waals surface area contributed by atoms with Crippen molar-refractivity contribution in [3.05, 3.63) is 12.0 Å². The van der Waals surface area contributed by atoms with Gasteiger partial charge in [-0.2, -0.15) is 0 Å². The molecular formula is C7H23NO6P14S. The molecule has 0 N–H and O–H groups in total. The molecule has 0 spiro atoms. The summed E-state index contributed by atoms with van der Waals surface area (Å²) in [6.45, 7) is 3.63. The zero-order valence-corrected chi connectivity index (χ0v) is 30.2. The van der Waals surface area contributed by atoms with Crippen molar-refractivity contribution >= 4 is 140 Å². The summed E-state index contributed by atoms with van der Waals surface area (Å²) >= 11 is 0. The van der Waals surface area contributed by atoms with Crippen LogP contribution in [0.1, 0.15) is 12.8 Å². The van der Waals surface area contributed by atoms with Gasteiger partial charge in [-0.15, -0.1) is 76.5 Å². The van der Waals surface area contributed by atoms with E-state index in [0.717, 1.165) is 0 Å². The summed E-state index contributed by atoms with van der Waals surface area (Å²) < 4.78 is 21.7. The summed E-state index contributed by atoms with van der Waals surface area (Å²) in [5.41, 5.74) is 0. The Hall–Kier alpha value is 4.32. The van der Waals surface area contributed by atoms with Gasteiger partial charge in [0.1, 0.15) is 0 Å². The van der Waals surface area contributed by atoms with Crippen molar-refractivity contribution in [2.45, 2.75) is 12.8 Å². The lowest BCUT2D eigenvalue weighted by Gasteiger charge is -2.37. The maximum Gasteiger partial charge on any atom is 0.453 e. The fraction of sp³-hybridized carbons (Fsp3) is 0.286. The van der Waals surface area contributed by atoms with E-state index in [4.69, 9.17) is 0 Å². The first kappa shape index (κ1) is 33.3. The Morgan fingerprint density at radius 3 is 1.41 bits per heavy atom. The maximum atomic E-state index is 10.9. The van der Waals surface area contributed by atoms with Crippen molar-refractivity contribution in [1.82, 2.24) is 5.06 Å². The van der Waals surface area contributed by atoms with Gasteiger partial charge in [0.15, 0.2) is 0 Å². The molecule has 0 aromatic carbocycles. The summed E-state index contributed by atoms with van der Waals surface area (Å²) in [4.78, 5) is 36.9. The first-order chi connectivity index (χ1) is 13.2. The molecule has 8 unspecified atom stereocenters. The van der Waals surface area contributed by atoms with Crippen LogP contribution in [-0.2, 0) is 24.3 Å². The van der Waals surface area contributed by atoms with Crippen LogP contribution < -0.4 is 0 Å². The topological polar surface area (TPSA) is 97.8 Å². The lowest BCUT2D eigenvalue weighted by atomic mass is 10.4. The fourth-order valence-electron chi connectivity index (χ4n) is 1.46. The quantitative estimate of drug-likeness (QED) is 0.204. The van der Waals surface area contributed by atoms with E-state index < -0.39 is 27.0 Å². The molecule has 1 fully saturated rings. The Morgan fingerprint density at radius 2 is 1.17 bits per heavy atom. The number of hydrogen-bond donors (Lipinski definition) is 0. The Kier molecular flexibility index (Phi) is 18.5. The predicted molar refractivity (Wildman–Crippen MR) is 166 cm³/mol. The van der Waals surface area contributed by atoms with Crippen LogP contribution >= 0.6 is 113 Å².